The maximum absolute atomic E-state index is 13.6. The van der Waals surface area contributed by atoms with Gasteiger partial charge in [0.05, 0.1) is 22.0 Å². The second-order valence-electron chi connectivity index (χ2n) is 4.27. The number of carbonyl (C=O) groups excluding carboxylic acids is 1. The van der Waals surface area contributed by atoms with Crippen LogP contribution in [0, 0.1) is 5.82 Å². The van der Waals surface area contributed by atoms with Gasteiger partial charge in [0.15, 0.2) is 0 Å². The van der Waals surface area contributed by atoms with Gasteiger partial charge in [0, 0.05) is 0 Å². The number of hydrogen-bond acceptors (Lipinski definition) is 5. The molecule has 3 aromatic rings. The Morgan fingerprint density at radius 2 is 2.23 bits per heavy atom. The summed E-state index contributed by atoms with van der Waals surface area (Å²) in [6, 6.07) is 7.78. The number of nitrogens with zero attached hydrogens (tertiary/aromatic N) is 2. The molecule has 8 heteroatoms. The second kappa shape index (κ2) is 6.25. The van der Waals surface area contributed by atoms with Gasteiger partial charge in [-0.25, -0.2) is 4.39 Å². The van der Waals surface area contributed by atoms with Crippen molar-refractivity contribution in [2.75, 3.05) is 0 Å². The number of halogens is 2. The monoisotopic (exact) mass is 337 g/mol. The number of thiophene rings is 1. The van der Waals surface area contributed by atoms with Gasteiger partial charge in [-0.3, -0.25) is 4.79 Å². The van der Waals surface area contributed by atoms with Gasteiger partial charge in [0.25, 0.3) is 5.91 Å². The molecule has 112 valence electrons. The molecule has 2 heterocycles. The highest BCUT2D eigenvalue weighted by atomic mass is 35.5. The van der Waals surface area contributed by atoms with Gasteiger partial charge in [-0.1, -0.05) is 28.9 Å². The van der Waals surface area contributed by atoms with E-state index in [1.807, 2.05) is 17.5 Å². The normalized spacial score (nSPS) is 10.6. The number of amides is 1. The summed E-state index contributed by atoms with van der Waals surface area (Å²) in [6.45, 7) is -0.0120. The summed E-state index contributed by atoms with van der Waals surface area (Å²) in [7, 11) is 0. The Kier molecular flexibility index (Phi) is 4.17. The van der Waals surface area contributed by atoms with E-state index in [9.17, 15) is 9.18 Å². The van der Waals surface area contributed by atoms with Gasteiger partial charge in [-0.2, -0.15) is 4.98 Å². The third-order valence-corrected chi connectivity index (χ3v) is 3.98. The zero-order valence-electron chi connectivity index (χ0n) is 11.0. The predicted molar refractivity (Wildman–Crippen MR) is 80.2 cm³/mol. The minimum Gasteiger partial charge on any atom is -0.343 e. The third-order valence-electron chi connectivity index (χ3n) is 2.80. The van der Waals surface area contributed by atoms with Crippen molar-refractivity contribution in [3.63, 3.8) is 0 Å². The molecule has 0 aliphatic carbocycles. The average molecular weight is 338 g/mol. The van der Waals surface area contributed by atoms with Gasteiger partial charge in [0.1, 0.15) is 5.82 Å². The molecule has 3 rings (SSSR count). The third kappa shape index (κ3) is 3.00. The van der Waals surface area contributed by atoms with Crippen LogP contribution in [0.1, 0.15) is 16.2 Å². The lowest BCUT2D eigenvalue weighted by atomic mass is 10.2. The van der Waals surface area contributed by atoms with E-state index in [0.29, 0.717) is 5.82 Å². The van der Waals surface area contributed by atoms with Crippen LogP contribution in [0.4, 0.5) is 4.39 Å². The van der Waals surface area contributed by atoms with Crippen molar-refractivity contribution < 1.29 is 13.7 Å². The van der Waals surface area contributed by atoms with Crippen LogP contribution in [0.25, 0.3) is 10.7 Å². The fourth-order valence-corrected chi connectivity index (χ4v) is 2.69. The molecule has 1 amide bonds. The van der Waals surface area contributed by atoms with Crippen molar-refractivity contribution in [2.24, 2.45) is 0 Å². The molecule has 0 spiro atoms. The molecule has 0 unspecified atom stereocenters. The Balaban J connectivity index is 1.69. The number of benzene rings is 1. The number of aromatic nitrogens is 2. The summed E-state index contributed by atoms with van der Waals surface area (Å²) in [5.41, 5.74) is -0.206. The maximum atomic E-state index is 13.6. The van der Waals surface area contributed by atoms with Crippen LogP contribution in [0.2, 0.25) is 5.02 Å². The van der Waals surface area contributed by atoms with E-state index >= 15 is 0 Å². The molecule has 0 fully saturated rings. The van der Waals surface area contributed by atoms with Crippen LogP contribution < -0.4 is 5.32 Å². The van der Waals surface area contributed by atoms with Gasteiger partial charge < -0.3 is 9.84 Å². The summed E-state index contributed by atoms with van der Waals surface area (Å²) < 4.78 is 18.7. The van der Waals surface area contributed by atoms with Crippen molar-refractivity contribution in [1.29, 1.82) is 0 Å². The summed E-state index contributed by atoms with van der Waals surface area (Å²) in [5, 5.41) is 8.26. The largest absolute Gasteiger partial charge is 0.343 e. The first kappa shape index (κ1) is 14.7. The zero-order chi connectivity index (χ0) is 15.5. The molecule has 0 aliphatic rings. The number of rotatable bonds is 4. The van der Waals surface area contributed by atoms with Gasteiger partial charge >= 0.3 is 0 Å². The van der Waals surface area contributed by atoms with E-state index in [4.69, 9.17) is 16.1 Å². The summed E-state index contributed by atoms with van der Waals surface area (Å²) in [5.74, 6) is -0.652. The molecule has 0 radical (unpaired) electrons. The first-order valence-corrected chi connectivity index (χ1v) is 7.49. The Bertz CT molecular complexity index is 784. The Hall–Kier alpha value is -2.25. The smallest absolute Gasteiger partial charge is 0.256 e. The molecule has 22 heavy (non-hydrogen) atoms. The van der Waals surface area contributed by atoms with E-state index in [-0.39, 0.29) is 23.0 Å². The Morgan fingerprint density at radius 1 is 1.36 bits per heavy atom. The minimum absolute atomic E-state index is 0.0120. The molecule has 1 N–H and O–H groups in total. The Labute approximate surface area is 133 Å². The molecule has 5 nitrogen and oxygen atoms in total. The molecule has 0 aliphatic heterocycles. The molecule has 1 aromatic carbocycles. The van der Waals surface area contributed by atoms with Gasteiger partial charge in [-0.05, 0) is 23.6 Å². The topological polar surface area (TPSA) is 68.0 Å². The fraction of sp³-hybridized carbons (Fsp3) is 0.0714. The molecule has 0 bridgehead atoms. The molecule has 0 saturated heterocycles. The van der Waals surface area contributed by atoms with E-state index in [0.717, 1.165) is 4.88 Å². The lowest BCUT2D eigenvalue weighted by Crippen LogP contribution is -2.24. The number of carbonyl (C=O) groups is 1. The zero-order valence-corrected chi connectivity index (χ0v) is 12.6. The molecular weight excluding hydrogens is 329 g/mol. The molecule has 2 aromatic heterocycles. The van der Waals surface area contributed by atoms with Crippen molar-refractivity contribution >= 4 is 28.8 Å². The average Bonchev–Trinajstić information content (AvgIpc) is 3.16. The highest BCUT2D eigenvalue weighted by Gasteiger charge is 2.17. The lowest BCUT2D eigenvalue weighted by Gasteiger charge is -2.05. The summed E-state index contributed by atoms with van der Waals surface area (Å²) in [6.07, 6.45) is 0. The predicted octanol–water partition coefficient (Wildman–Crippen LogP) is 3.52. The number of nitrogens with one attached hydrogen (secondary N) is 1. The van der Waals surface area contributed by atoms with Crippen molar-refractivity contribution in [3.05, 3.63) is 58.0 Å². The van der Waals surface area contributed by atoms with Crippen LogP contribution in [0.15, 0.2) is 40.2 Å². The van der Waals surface area contributed by atoms with Crippen LogP contribution in [0.5, 0.6) is 0 Å². The molecule has 0 saturated carbocycles. The van der Waals surface area contributed by atoms with Gasteiger partial charge in [-0.15, -0.1) is 11.3 Å². The highest BCUT2D eigenvalue weighted by Crippen LogP contribution is 2.21. The SMILES string of the molecule is O=C(NCc1nc(-c2cccs2)no1)c1c(F)cccc1Cl. The first-order chi connectivity index (χ1) is 10.6. The van der Waals surface area contributed by atoms with E-state index in [1.165, 1.54) is 29.5 Å². The van der Waals surface area contributed by atoms with E-state index < -0.39 is 11.7 Å². The van der Waals surface area contributed by atoms with Crippen LogP contribution in [-0.4, -0.2) is 16.0 Å². The summed E-state index contributed by atoms with van der Waals surface area (Å²) in [4.78, 5) is 17.0. The van der Waals surface area contributed by atoms with Crippen LogP contribution in [-0.2, 0) is 6.54 Å². The number of hydrogen-bond donors (Lipinski definition) is 1. The van der Waals surface area contributed by atoms with Crippen LogP contribution >= 0.6 is 22.9 Å². The van der Waals surface area contributed by atoms with Crippen molar-refractivity contribution in [1.82, 2.24) is 15.5 Å². The highest BCUT2D eigenvalue weighted by molar-refractivity contribution is 7.13. The lowest BCUT2D eigenvalue weighted by molar-refractivity contribution is 0.0942. The second-order valence-corrected chi connectivity index (χ2v) is 5.62. The molecular formula is C14H9ClFN3O2S. The van der Waals surface area contributed by atoms with E-state index in [2.05, 4.69) is 15.5 Å². The van der Waals surface area contributed by atoms with Gasteiger partial charge in [0.2, 0.25) is 11.7 Å². The van der Waals surface area contributed by atoms with Crippen molar-refractivity contribution in [2.45, 2.75) is 6.54 Å². The minimum atomic E-state index is -0.685. The first-order valence-electron chi connectivity index (χ1n) is 6.24. The Morgan fingerprint density at radius 3 is 2.95 bits per heavy atom. The van der Waals surface area contributed by atoms with Crippen molar-refractivity contribution in [3.8, 4) is 10.7 Å². The fourth-order valence-electron chi connectivity index (χ4n) is 1.79. The maximum Gasteiger partial charge on any atom is 0.256 e. The van der Waals surface area contributed by atoms with E-state index in [1.54, 1.807) is 0 Å². The molecule has 0 atom stereocenters. The van der Waals surface area contributed by atoms with Crippen LogP contribution in [0.3, 0.4) is 0 Å². The quantitative estimate of drug-likeness (QED) is 0.791. The summed E-state index contributed by atoms with van der Waals surface area (Å²) >= 11 is 7.30. The standard InChI is InChI=1S/C14H9ClFN3O2S/c15-8-3-1-4-9(16)12(8)14(20)17-7-11-18-13(19-21-11)10-5-2-6-22-10/h1-6H,7H2,(H,17,20).